The van der Waals surface area contributed by atoms with E-state index in [9.17, 15) is 9.59 Å². The van der Waals surface area contributed by atoms with Gasteiger partial charge in [0.2, 0.25) is 11.8 Å². The number of nitriles is 1. The summed E-state index contributed by atoms with van der Waals surface area (Å²) < 4.78 is 0. The maximum absolute atomic E-state index is 12.8. The van der Waals surface area contributed by atoms with Crippen molar-refractivity contribution in [3.63, 3.8) is 0 Å². The first-order valence-electron chi connectivity index (χ1n) is 10.5. The van der Waals surface area contributed by atoms with Crippen LogP contribution in [0.3, 0.4) is 0 Å². The number of carbonyl (C=O) groups excluding carboxylic acids is 2. The molecule has 1 aliphatic carbocycles. The third-order valence-corrected chi connectivity index (χ3v) is 5.84. The van der Waals surface area contributed by atoms with Crippen molar-refractivity contribution < 1.29 is 9.59 Å². The summed E-state index contributed by atoms with van der Waals surface area (Å²) in [5.41, 5.74) is 3.31. The van der Waals surface area contributed by atoms with E-state index in [1.165, 1.54) is 11.1 Å². The average molecular weight is 404 g/mol. The number of hydrogen-bond acceptors (Lipinski definition) is 3. The third-order valence-electron chi connectivity index (χ3n) is 5.84. The minimum Gasteiger partial charge on any atom is -0.349 e. The van der Waals surface area contributed by atoms with E-state index in [1.54, 1.807) is 4.90 Å². The number of fused-ring (bicyclic) bond motifs is 1. The molecule has 0 aromatic heterocycles. The summed E-state index contributed by atoms with van der Waals surface area (Å²) in [5, 5.41) is 12.0. The molecule has 30 heavy (non-hydrogen) atoms. The van der Waals surface area contributed by atoms with Crippen molar-refractivity contribution in [1.82, 2.24) is 5.32 Å². The molecule has 0 radical (unpaired) electrons. The van der Waals surface area contributed by atoms with Gasteiger partial charge in [0.15, 0.2) is 0 Å². The van der Waals surface area contributed by atoms with Gasteiger partial charge in [-0.15, -0.1) is 0 Å². The monoisotopic (exact) mass is 403 g/mol. The second kappa shape index (κ2) is 9.58. The van der Waals surface area contributed by atoms with E-state index in [4.69, 9.17) is 5.26 Å². The van der Waals surface area contributed by atoms with Crippen molar-refractivity contribution in [3.05, 3.63) is 65.7 Å². The first kappa shape index (κ1) is 21.6. The molecule has 156 valence electrons. The third kappa shape index (κ3) is 5.07. The Bertz CT molecular complexity index is 931. The zero-order valence-corrected chi connectivity index (χ0v) is 17.7. The van der Waals surface area contributed by atoms with Gasteiger partial charge in [0.1, 0.15) is 0 Å². The van der Waals surface area contributed by atoms with Gasteiger partial charge in [-0.1, -0.05) is 56.3 Å². The van der Waals surface area contributed by atoms with Gasteiger partial charge in [-0.3, -0.25) is 9.59 Å². The summed E-state index contributed by atoms with van der Waals surface area (Å²) in [7, 11) is 0. The second-order valence-electron chi connectivity index (χ2n) is 8.42. The summed E-state index contributed by atoms with van der Waals surface area (Å²) in [6.07, 6.45) is 2.40. The van der Waals surface area contributed by atoms with Crippen molar-refractivity contribution in [1.29, 1.82) is 5.26 Å². The van der Waals surface area contributed by atoms with Gasteiger partial charge in [-0.25, -0.2) is 0 Å². The van der Waals surface area contributed by atoms with Crippen LogP contribution >= 0.6 is 0 Å². The molecule has 1 unspecified atom stereocenters. The van der Waals surface area contributed by atoms with Crippen LogP contribution in [-0.4, -0.2) is 18.4 Å². The standard InChI is InChI=1S/C25H29N3O2/c1-25(2)16-15-22(20-11-6-7-12-21(20)25)27-23(29)13-14-24(30)28(18-8-17-26)19-9-4-3-5-10-19/h3-7,9-12,22H,8,13-16,18H2,1-2H3,(H,27,29). The predicted molar refractivity (Wildman–Crippen MR) is 118 cm³/mol. The van der Waals surface area contributed by atoms with E-state index in [0.29, 0.717) is 6.54 Å². The van der Waals surface area contributed by atoms with Crippen molar-refractivity contribution in [2.24, 2.45) is 0 Å². The maximum Gasteiger partial charge on any atom is 0.227 e. The Morgan fingerprint density at radius 2 is 1.80 bits per heavy atom. The molecule has 0 saturated heterocycles. The van der Waals surface area contributed by atoms with Gasteiger partial charge in [0, 0.05) is 25.1 Å². The van der Waals surface area contributed by atoms with Crippen molar-refractivity contribution >= 4 is 17.5 Å². The first-order chi connectivity index (χ1) is 14.4. The number of anilines is 1. The number of para-hydroxylation sites is 1. The van der Waals surface area contributed by atoms with Crippen molar-refractivity contribution in [2.45, 2.75) is 57.4 Å². The Labute approximate surface area is 178 Å². The molecule has 5 nitrogen and oxygen atoms in total. The average Bonchev–Trinajstić information content (AvgIpc) is 2.75. The summed E-state index contributed by atoms with van der Waals surface area (Å²) in [5.74, 6) is -0.257. The molecule has 1 N–H and O–H groups in total. The number of benzene rings is 2. The van der Waals surface area contributed by atoms with Gasteiger partial charge in [-0.2, -0.15) is 5.26 Å². The van der Waals surface area contributed by atoms with Crippen LogP contribution in [0.4, 0.5) is 5.69 Å². The van der Waals surface area contributed by atoms with Gasteiger partial charge in [0.05, 0.1) is 18.5 Å². The van der Waals surface area contributed by atoms with E-state index in [0.717, 1.165) is 18.5 Å². The lowest BCUT2D eigenvalue weighted by Gasteiger charge is -2.37. The number of carbonyl (C=O) groups is 2. The Morgan fingerprint density at radius 3 is 2.53 bits per heavy atom. The van der Waals surface area contributed by atoms with Gasteiger partial charge in [-0.05, 0) is 41.5 Å². The fourth-order valence-corrected chi connectivity index (χ4v) is 4.15. The Balaban J connectivity index is 1.61. The largest absolute Gasteiger partial charge is 0.349 e. The molecular formula is C25H29N3O2. The topological polar surface area (TPSA) is 73.2 Å². The van der Waals surface area contributed by atoms with Crippen LogP contribution in [0, 0.1) is 11.3 Å². The van der Waals surface area contributed by atoms with E-state index in [1.807, 2.05) is 42.5 Å². The molecule has 5 heteroatoms. The molecule has 0 saturated carbocycles. The molecule has 2 amide bonds. The number of nitrogens with zero attached hydrogens (tertiary/aromatic N) is 2. The Morgan fingerprint density at radius 1 is 1.10 bits per heavy atom. The van der Waals surface area contributed by atoms with Crippen molar-refractivity contribution in [3.8, 4) is 6.07 Å². The number of amides is 2. The summed E-state index contributed by atoms with van der Waals surface area (Å²) in [6.45, 7) is 4.80. The van der Waals surface area contributed by atoms with E-state index in [-0.39, 0.29) is 42.5 Å². The summed E-state index contributed by atoms with van der Waals surface area (Å²) in [6, 6.07) is 19.6. The molecule has 1 aliphatic rings. The molecule has 0 aliphatic heterocycles. The molecule has 1 atom stereocenters. The summed E-state index contributed by atoms with van der Waals surface area (Å²) >= 11 is 0. The van der Waals surface area contributed by atoms with Crippen LogP contribution in [0.5, 0.6) is 0 Å². The minimum atomic E-state index is -0.142. The number of nitrogens with one attached hydrogen (secondary N) is 1. The van der Waals surface area contributed by atoms with E-state index >= 15 is 0 Å². The normalized spacial score (nSPS) is 16.8. The van der Waals surface area contributed by atoms with Crippen LogP contribution in [0.25, 0.3) is 0 Å². The van der Waals surface area contributed by atoms with Crippen LogP contribution in [0.1, 0.15) is 63.1 Å². The highest BCUT2D eigenvalue weighted by Gasteiger charge is 2.32. The Hall–Kier alpha value is -3.13. The maximum atomic E-state index is 12.8. The summed E-state index contributed by atoms with van der Waals surface area (Å²) in [4.78, 5) is 27.0. The zero-order chi connectivity index (χ0) is 21.6. The fourth-order valence-electron chi connectivity index (χ4n) is 4.15. The predicted octanol–water partition coefficient (Wildman–Crippen LogP) is 4.64. The first-order valence-corrected chi connectivity index (χ1v) is 10.5. The highest BCUT2D eigenvalue weighted by molar-refractivity contribution is 5.95. The molecule has 3 rings (SSSR count). The molecule has 0 heterocycles. The SMILES string of the molecule is CC1(C)CCC(NC(=O)CCC(=O)N(CCC#N)c2ccccc2)c2ccccc21. The number of rotatable bonds is 7. The van der Waals surface area contributed by atoms with Crippen molar-refractivity contribution in [2.75, 3.05) is 11.4 Å². The van der Waals surface area contributed by atoms with Crippen LogP contribution < -0.4 is 10.2 Å². The molecule has 0 bridgehead atoms. The fraction of sp³-hybridized carbons (Fsp3) is 0.400. The minimum absolute atomic E-state index is 0.0133. The lowest BCUT2D eigenvalue weighted by Crippen LogP contribution is -2.37. The zero-order valence-electron chi connectivity index (χ0n) is 17.7. The second-order valence-corrected chi connectivity index (χ2v) is 8.42. The quantitative estimate of drug-likeness (QED) is 0.732. The van der Waals surface area contributed by atoms with Crippen LogP contribution in [0.15, 0.2) is 54.6 Å². The van der Waals surface area contributed by atoms with Gasteiger partial charge < -0.3 is 10.2 Å². The van der Waals surface area contributed by atoms with E-state index in [2.05, 4.69) is 37.4 Å². The molecule has 0 fully saturated rings. The highest BCUT2D eigenvalue weighted by Crippen LogP contribution is 2.41. The van der Waals surface area contributed by atoms with Gasteiger partial charge >= 0.3 is 0 Å². The molecular weight excluding hydrogens is 374 g/mol. The van der Waals surface area contributed by atoms with Crippen LogP contribution in [-0.2, 0) is 15.0 Å². The molecule has 2 aromatic rings. The number of hydrogen-bond donors (Lipinski definition) is 1. The highest BCUT2D eigenvalue weighted by atomic mass is 16.2. The Kier molecular flexibility index (Phi) is 6.89. The molecule has 0 spiro atoms. The lowest BCUT2D eigenvalue weighted by molar-refractivity contribution is -0.125. The molecule has 2 aromatic carbocycles. The van der Waals surface area contributed by atoms with Crippen LogP contribution in [0.2, 0.25) is 0 Å². The smallest absolute Gasteiger partial charge is 0.227 e. The van der Waals surface area contributed by atoms with E-state index < -0.39 is 0 Å². The van der Waals surface area contributed by atoms with Gasteiger partial charge in [0.25, 0.3) is 0 Å². The lowest BCUT2D eigenvalue weighted by atomic mass is 9.71.